The van der Waals surface area contributed by atoms with Gasteiger partial charge in [-0.3, -0.25) is 14.5 Å². The molecule has 1 aliphatic rings. The monoisotopic (exact) mass is 654 g/mol. The van der Waals surface area contributed by atoms with Crippen molar-refractivity contribution in [1.29, 1.82) is 0 Å². The van der Waals surface area contributed by atoms with Crippen molar-refractivity contribution >= 4 is 68.7 Å². The van der Waals surface area contributed by atoms with Gasteiger partial charge in [-0.1, -0.05) is 70.0 Å². The third-order valence-electron chi connectivity index (χ3n) is 6.12. The van der Waals surface area contributed by atoms with Crippen LogP contribution in [0.15, 0.2) is 121 Å². The van der Waals surface area contributed by atoms with E-state index in [0.29, 0.717) is 32.8 Å². The molecule has 0 bridgehead atoms. The van der Waals surface area contributed by atoms with E-state index in [-0.39, 0.29) is 25.0 Å². The largest absolute Gasteiger partial charge is 0.483 e. The van der Waals surface area contributed by atoms with Crippen LogP contribution in [0.5, 0.6) is 5.75 Å². The predicted octanol–water partition coefficient (Wildman–Crippen LogP) is 7.54. The van der Waals surface area contributed by atoms with E-state index in [1.807, 2.05) is 79.7 Å². The molecule has 0 radical (unpaired) electrons. The van der Waals surface area contributed by atoms with E-state index in [9.17, 15) is 9.59 Å². The Kier molecular flexibility index (Phi) is 10.0. The lowest BCUT2D eigenvalue weighted by Gasteiger charge is -2.13. The first kappa shape index (κ1) is 29.8. The summed E-state index contributed by atoms with van der Waals surface area (Å²) in [6, 6.07) is 26.3. The van der Waals surface area contributed by atoms with E-state index in [1.54, 1.807) is 42.8 Å². The number of amides is 2. The second-order valence-corrected chi connectivity index (χ2v) is 11.3. The number of anilines is 1. The van der Waals surface area contributed by atoms with Gasteiger partial charge in [-0.25, -0.2) is 0 Å². The number of allylic oxidation sites excluding steroid dienone is 1. The van der Waals surface area contributed by atoms with Crippen molar-refractivity contribution in [2.75, 3.05) is 11.9 Å². The average Bonchev–Trinajstić information content (AvgIpc) is 3.62. The highest BCUT2D eigenvalue weighted by molar-refractivity contribution is 9.10. The predicted molar refractivity (Wildman–Crippen MR) is 176 cm³/mol. The van der Waals surface area contributed by atoms with E-state index in [1.165, 1.54) is 16.7 Å². The molecule has 2 heterocycles. The van der Waals surface area contributed by atoms with Gasteiger partial charge in [0.1, 0.15) is 11.5 Å². The molecule has 1 aliphatic heterocycles. The molecule has 5 rings (SSSR count). The van der Waals surface area contributed by atoms with Crippen LogP contribution in [0.4, 0.5) is 5.69 Å². The molecule has 8 nitrogen and oxygen atoms in total. The number of hydrogen-bond donors (Lipinski definition) is 1. The second-order valence-electron chi connectivity index (χ2n) is 9.38. The van der Waals surface area contributed by atoms with Gasteiger partial charge in [-0.15, -0.1) is 5.10 Å². The fraction of sp³-hybridized carbons (Fsp3) is 0.0909. The minimum Gasteiger partial charge on any atom is -0.483 e. The normalized spacial score (nSPS) is 15.3. The van der Waals surface area contributed by atoms with Crippen molar-refractivity contribution in [3.8, 4) is 5.75 Å². The number of hydrogen-bond acceptors (Lipinski definition) is 7. The van der Waals surface area contributed by atoms with Crippen LogP contribution < -0.4 is 10.1 Å². The fourth-order valence-corrected chi connectivity index (χ4v) is 5.31. The molecule has 3 aromatic carbocycles. The van der Waals surface area contributed by atoms with Crippen LogP contribution in [0.1, 0.15) is 22.5 Å². The Labute approximate surface area is 262 Å². The van der Waals surface area contributed by atoms with Gasteiger partial charge in [0, 0.05) is 21.9 Å². The van der Waals surface area contributed by atoms with Gasteiger partial charge < -0.3 is 14.5 Å². The molecule has 2 amide bonds. The number of benzene rings is 3. The van der Waals surface area contributed by atoms with Crippen molar-refractivity contribution in [3.63, 3.8) is 0 Å². The Bertz CT molecular complexity index is 1700. The Balaban J connectivity index is 1.33. The van der Waals surface area contributed by atoms with Crippen molar-refractivity contribution in [1.82, 2.24) is 4.90 Å². The minimum absolute atomic E-state index is 0.199. The molecule has 10 heteroatoms. The van der Waals surface area contributed by atoms with Crippen LogP contribution >= 0.6 is 27.7 Å². The third-order valence-corrected chi connectivity index (χ3v) is 7.61. The van der Waals surface area contributed by atoms with Crippen molar-refractivity contribution in [2.24, 2.45) is 10.2 Å². The average molecular weight is 656 g/mol. The van der Waals surface area contributed by atoms with Gasteiger partial charge in [0.2, 0.25) is 0 Å². The SMILES string of the molecule is Cc1ccc(NC(=O)COc2ccc(Br)cc2/C=C2\S\C(=N/N=C/C=C/c3ccccc3)N(Cc3ccco3)C2=O)cc1. The Morgan fingerprint density at radius 3 is 2.65 bits per heavy atom. The molecule has 0 unspecified atom stereocenters. The molecule has 43 heavy (non-hydrogen) atoms. The first-order valence-electron chi connectivity index (χ1n) is 13.3. The van der Waals surface area contributed by atoms with Gasteiger partial charge in [0.15, 0.2) is 11.8 Å². The molecule has 0 saturated carbocycles. The van der Waals surface area contributed by atoms with Crippen LogP contribution in [0.2, 0.25) is 0 Å². The molecule has 216 valence electrons. The number of ether oxygens (including phenoxy) is 1. The molecule has 0 aliphatic carbocycles. The van der Waals surface area contributed by atoms with Crippen LogP contribution in [-0.4, -0.2) is 34.7 Å². The summed E-state index contributed by atoms with van der Waals surface area (Å²) in [6.45, 7) is 1.98. The molecule has 4 aromatic rings. The first-order chi connectivity index (χ1) is 20.9. The zero-order valence-corrected chi connectivity index (χ0v) is 25.5. The number of carbonyl (C=O) groups is 2. The van der Waals surface area contributed by atoms with Crippen molar-refractivity contribution < 1.29 is 18.7 Å². The van der Waals surface area contributed by atoms with E-state index in [0.717, 1.165) is 15.6 Å². The van der Waals surface area contributed by atoms with E-state index >= 15 is 0 Å². The summed E-state index contributed by atoms with van der Waals surface area (Å²) in [5.74, 6) is 0.519. The molecule has 1 fully saturated rings. The molecule has 1 aromatic heterocycles. The van der Waals surface area contributed by atoms with E-state index in [2.05, 4.69) is 31.4 Å². The minimum atomic E-state index is -0.296. The summed E-state index contributed by atoms with van der Waals surface area (Å²) >= 11 is 4.69. The van der Waals surface area contributed by atoms with Crippen LogP contribution in [0.3, 0.4) is 0 Å². The van der Waals surface area contributed by atoms with Crippen molar-refractivity contribution in [2.45, 2.75) is 13.5 Å². The van der Waals surface area contributed by atoms with Gasteiger partial charge in [0.05, 0.1) is 17.7 Å². The van der Waals surface area contributed by atoms with Crippen LogP contribution in [0.25, 0.3) is 12.2 Å². The third kappa shape index (κ3) is 8.43. The summed E-state index contributed by atoms with van der Waals surface area (Å²) in [6.07, 6.45) is 8.55. The Hall–Kier alpha value is -4.67. The summed E-state index contributed by atoms with van der Waals surface area (Å²) < 4.78 is 12.2. The van der Waals surface area contributed by atoms with E-state index < -0.39 is 0 Å². The lowest BCUT2D eigenvalue weighted by Crippen LogP contribution is -2.28. The highest BCUT2D eigenvalue weighted by atomic mass is 79.9. The zero-order chi connectivity index (χ0) is 30.0. The van der Waals surface area contributed by atoms with Gasteiger partial charge in [-0.05, 0) is 78.9 Å². The lowest BCUT2D eigenvalue weighted by molar-refractivity contribution is -0.122. The fourth-order valence-electron chi connectivity index (χ4n) is 4.00. The highest BCUT2D eigenvalue weighted by Crippen LogP contribution is 2.36. The van der Waals surface area contributed by atoms with E-state index in [4.69, 9.17) is 9.15 Å². The Morgan fingerprint density at radius 2 is 1.88 bits per heavy atom. The molecule has 0 spiro atoms. The maximum absolute atomic E-state index is 13.5. The van der Waals surface area contributed by atoms with Gasteiger partial charge in [0.25, 0.3) is 11.8 Å². The number of carbonyl (C=O) groups excluding carboxylic acids is 2. The lowest BCUT2D eigenvalue weighted by atomic mass is 10.2. The van der Waals surface area contributed by atoms with Gasteiger partial charge in [-0.2, -0.15) is 5.10 Å². The number of amidine groups is 1. The maximum atomic E-state index is 13.5. The number of rotatable bonds is 10. The van der Waals surface area contributed by atoms with Gasteiger partial charge >= 0.3 is 0 Å². The second kappa shape index (κ2) is 14.5. The zero-order valence-electron chi connectivity index (χ0n) is 23.1. The summed E-state index contributed by atoms with van der Waals surface area (Å²) in [5, 5.41) is 11.7. The molecular weight excluding hydrogens is 628 g/mol. The molecule has 0 atom stereocenters. The molecule has 1 saturated heterocycles. The Morgan fingerprint density at radius 1 is 1.07 bits per heavy atom. The standard InChI is InChI=1S/C33H27BrN4O4S/c1-23-11-14-27(15-12-23)36-31(39)22-42-29-16-13-26(34)19-25(29)20-30-32(40)38(21-28-10-6-18-41-28)33(43-30)37-35-17-5-9-24-7-3-2-4-8-24/h2-20H,21-22H2,1H3,(H,36,39)/b9-5+,30-20-,35-17+,37-33-. The molecule has 1 N–H and O–H groups in total. The first-order valence-corrected chi connectivity index (χ1v) is 14.9. The smallest absolute Gasteiger partial charge is 0.267 e. The maximum Gasteiger partial charge on any atom is 0.267 e. The van der Waals surface area contributed by atoms with Crippen molar-refractivity contribution in [3.05, 3.63) is 129 Å². The summed E-state index contributed by atoms with van der Waals surface area (Å²) in [7, 11) is 0. The number of thioether (sulfide) groups is 1. The summed E-state index contributed by atoms with van der Waals surface area (Å²) in [4.78, 5) is 28.0. The number of nitrogens with zero attached hydrogens (tertiary/aromatic N) is 3. The topological polar surface area (TPSA) is 96.5 Å². The molecular formula is C33H27BrN4O4S. The number of aryl methyl sites for hydroxylation is 1. The van der Waals surface area contributed by atoms with Crippen LogP contribution in [-0.2, 0) is 16.1 Å². The number of nitrogens with one attached hydrogen (secondary N) is 1. The highest BCUT2D eigenvalue weighted by Gasteiger charge is 2.34. The summed E-state index contributed by atoms with van der Waals surface area (Å²) in [5.41, 5.74) is 3.45. The number of furan rings is 1. The quantitative estimate of drug-likeness (QED) is 0.108. The number of halogens is 1. The van der Waals surface area contributed by atoms with Crippen LogP contribution in [0, 0.1) is 6.92 Å².